The zero-order valence-corrected chi connectivity index (χ0v) is 13.0. The molecule has 0 unspecified atom stereocenters. The van der Waals surface area contributed by atoms with E-state index < -0.39 is 25.1 Å². The molecule has 20 heavy (non-hydrogen) atoms. The summed E-state index contributed by atoms with van der Waals surface area (Å²) in [7, 11) is -8.50. The quantitative estimate of drug-likeness (QED) is 0.615. The summed E-state index contributed by atoms with van der Waals surface area (Å²) < 4.78 is 60.1. The smallest absolute Gasteiger partial charge is 0.211 e. The van der Waals surface area contributed by atoms with E-state index in [0.29, 0.717) is 18.9 Å². The summed E-state index contributed by atoms with van der Waals surface area (Å²) in [6, 6.07) is 3.99. The number of benzene rings is 1. The zero-order chi connectivity index (χ0) is 15.4. The van der Waals surface area contributed by atoms with Crippen molar-refractivity contribution in [1.82, 2.24) is 4.72 Å². The van der Waals surface area contributed by atoms with Gasteiger partial charge in [-0.25, -0.2) is 13.1 Å². The molecule has 0 spiro atoms. The van der Waals surface area contributed by atoms with Gasteiger partial charge in [-0.15, -0.1) is 3.89 Å². The van der Waals surface area contributed by atoms with Crippen LogP contribution >= 0.6 is 0 Å². The first-order chi connectivity index (χ1) is 9.13. The van der Waals surface area contributed by atoms with Crippen molar-refractivity contribution in [2.45, 2.75) is 36.5 Å². The first kappa shape index (κ1) is 17.1. The Balaban J connectivity index is 2.73. The van der Waals surface area contributed by atoms with E-state index in [0.717, 1.165) is 30.7 Å². The standard InChI is InChI=1S/C12H18FNO4S2/c1-10(2)4-3-9-14-20(17,18)12-7-5-11(6-8-12)19(13,15)16/h5-8,10,14H,3-4,9H2,1-2H3. The SMILES string of the molecule is CC(C)CCCNS(=O)(=O)c1ccc(S(=O)(=O)F)cc1. The maximum Gasteiger partial charge on any atom is 0.332 e. The average Bonchev–Trinajstić information content (AvgIpc) is 2.34. The van der Waals surface area contributed by atoms with Gasteiger partial charge in [0.15, 0.2) is 0 Å². The molecule has 5 nitrogen and oxygen atoms in total. The largest absolute Gasteiger partial charge is 0.332 e. The molecule has 0 radical (unpaired) electrons. The minimum Gasteiger partial charge on any atom is -0.211 e. The molecule has 1 aromatic carbocycles. The van der Waals surface area contributed by atoms with Crippen molar-refractivity contribution in [2.75, 3.05) is 6.54 Å². The molecule has 0 saturated heterocycles. The molecule has 114 valence electrons. The summed E-state index contributed by atoms with van der Waals surface area (Å²) in [5, 5.41) is 0. The van der Waals surface area contributed by atoms with E-state index in [1.54, 1.807) is 0 Å². The fourth-order valence-corrected chi connectivity index (χ4v) is 3.12. The molecule has 1 N–H and O–H groups in total. The van der Waals surface area contributed by atoms with Gasteiger partial charge in [0.25, 0.3) is 0 Å². The topological polar surface area (TPSA) is 80.3 Å². The summed E-state index contributed by atoms with van der Waals surface area (Å²) in [5.74, 6) is 0.494. The van der Waals surface area contributed by atoms with Crippen LogP contribution in [0.4, 0.5) is 3.89 Å². The number of sulfonamides is 1. The van der Waals surface area contributed by atoms with Gasteiger partial charge in [-0.3, -0.25) is 0 Å². The zero-order valence-electron chi connectivity index (χ0n) is 11.3. The minimum absolute atomic E-state index is 0.0885. The third-order valence-electron chi connectivity index (χ3n) is 2.67. The molecule has 0 amide bonds. The Morgan fingerprint density at radius 2 is 1.55 bits per heavy atom. The van der Waals surface area contributed by atoms with Crippen LogP contribution in [0, 0.1) is 5.92 Å². The van der Waals surface area contributed by atoms with E-state index in [2.05, 4.69) is 4.72 Å². The van der Waals surface area contributed by atoms with E-state index in [9.17, 15) is 20.7 Å². The third-order valence-corrected chi connectivity index (χ3v) is 4.98. The molecule has 0 bridgehead atoms. The molecule has 1 aromatic rings. The van der Waals surface area contributed by atoms with Crippen LogP contribution in [0.15, 0.2) is 34.1 Å². The van der Waals surface area contributed by atoms with Gasteiger partial charge in [0.1, 0.15) is 0 Å². The Labute approximate surface area is 119 Å². The molecule has 8 heteroatoms. The van der Waals surface area contributed by atoms with Crippen LogP contribution < -0.4 is 4.72 Å². The van der Waals surface area contributed by atoms with E-state index in [1.807, 2.05) is 13.8 Å². The maximum absolute atomic E-state index is 12.7. The molecular formula is C12H18FNO4S2. The van der Waals surface area contributed by atoms with Crippen molar-refractivity contribution >= 4 is 20.2 Å². The lowest BCUT2D eigenvalue weighted by Crippen LogP contribution is -2.25. The predicted molar refractivity (Wildman–Crippen MR) is 74.0 cm³/mol. The lowest BCUT2D eigenvalue weighted by Gasteiger charge is -2.08. The average molecular weight is 323 g/mol. The summed E-state index contributed by atoms with van der Waals surface area (Å²) in [6.07, 6.45) is 1.62. The lowest BCUT2D eigenvalue weighted by atomic mass is 10.1. The lowest BCUT2D eigenvalue weighted by molar-refractivity contribution is 0.539. The number of hydrogen-bond donors (Lipinski definition) is 1. The second kappa shape index (κ2) is 6.64. The van der Waals surface area contributed by atoms with Crippen molar-refractivity contribution in [3.63, 3.8) is 0 Å². The van der Waals surface area contributed by atoms with Crippen LogP contribution in [-0.2, 0) is 20.2 Å². The molecule has 0 aliphatic carbocycles. The predicted octanol–water partition coefficient (Wildman–Crippen LogP) is 2.06. The molecule has 1 rings (SSSR count). The van der Waals surface area contributed by atoms with Gasteiger partial charge in [0.2, 0.25) is 10.0 Å². The highest BCUT2D eigenvalue weighted by Crippen LogP contribution is 2.16. The van der Waals surface area contributed by atoms with Crippen molar-refractivity contribution < 1.29 is 20.7 Å². The monoisotopic (exact) mass is 323 g/mol. The fourth-order valence-electron chi connectivity index (χ4n) is 1.58. The van der Waals surface area contributed by atoms with E-state index in [1.165, 1.54) is 0 Å². The number of halogens is 1. The highest BCUT2D eigenvalue weighted by Gasteiger charge is 2.16. The molecule has 0 saturated carbocycles. The second-order valence-electron chi connectivity index (χ2n) is 4.84. The van der Waals surface area contributed by atoms with Gasteiger partial charge in [0, 0.05) is 6.54 Å². The Morgan fingerprint density at radius 1 is 1.05 bits per heavy atom. The van der Waals surface area contributed by atoms with Crippen LogP contribution in [0.25, 0.3) is 0 Å². The first-order valence-corrected chi connectivity index (χ1v) is 9.04. The maximum atomic E-state index is 12.7. The van der Waals surface area contributed by atoms with Crippen molar-refractivity contribution in [3.8, 4) is 0 Å². The Bertz CT molecular complexity index is 637. The molecule has 0 aromatic heterocycles. The summed E-state index contributed by atoms with van der Waals surface area (Å²) >= 11 is 0. The van der Waals surface area contributed by atoms with E-state index in [-0.39, 0.29) is 4.90 Å². The van der Waals surface area contributed by atoms with Gasteiger partial charge >= 0.3 is 10.2 Å². The van der Waals surface area contributed by atoms with Crippen LogP contribution in [0.1, 0.15) is 26.7 Å². The third kappa shape index (κ3) is 5.18. The normalized spacial score (nSPS) is 12.8. The molecular weight excluding hydrogens is 305 g/mol. The van der Waals surface area contributed by atoms with Crippen LogP contribution in [-0.4, -0.2) is 23.4 Å². The van der Waals surface area contributed by atoms with E-state index >= 15 is 0 Å². The van der Waals surface area contributed by atoms with Crippen LogP contribution in [0.5, 0.6) is 0 Å². The summed E-state index contributed by atoms with van der Waals surface area (Å²) in [4.78, 5) is -0.647. The molecule has 0 aliphatic rings. The number of hydrogen-bond acceptors (Lipinski definition) is 4. The molecule has 0 atom stereocenters. The summed E-state index contributed by atoms with van der Waals surface area (Å²) in [6.45, 7) is 4.40. The number of rotatable bonds is 7. The fraction of sp³-hybridized carbons (Fsp3) is 0.500. The number of nitrogens with one attached hydrogen (secondary N) is 1. The molecule has 0 fully saturated rings. The highest BCUT2D eigenvalue weighted by molar-refractivity contribution is 7.89. The van der Waals surface area contributed by atoms with Crippen LogP contribution in [0.2, 0.25) is 0 Å². The minimum atomic E-state index is -4.81. The molecule has 0 heterocycles. The van der Waals surface area contributed by atoms with Crippen molar-refractivity contribution in [1.29, 1.82) is 0 Å². The molecule has 0 aliphatic heterocycles. The van der Waals surface area contributed by atoms with Gasteiger partial charge in [-0.2, -0.15) is 8.42 Å². The van der Waals surface area contributed by atoms with Crippen LogP contribution in [0.3, 0.4) is 0 Å². The van der Waals surface area contributed by atoms with Gasteiger partial charge < -0.3 is 0 Å². The van der Waals surface area contributed by atoms with Crippen molar-refractivity contribution in [3.05, 3.63) is 24.3 Å². The first-order valence-electron chi connectivity index (χ1n) is 6.17. The summed E-state index contributed by atoms with van der Waals surface area (Å²) in [5.41, 5.74) is 0. The second-order valence-corrected chi connectivity index (χ2v) is 7.96. The van der Waals surface area contributed by atoms with Crippen molar-refractivity contribution in [2.24, 2.45) is 5.92 Å². The Morgan fingerprint density at radius 3 is 2.00 bits per heavy atom. The highest BCUT2D eigenvalue weighted by atomic mass is 32.3. The van der Waals surface area contributed by atoms with Gasteiger partial charge in [-0.1, -0.05) is 13.8 Å². The Hall–Kier alpha value is -0.990. The van der Waals surface area contributed by atoms with Gasteiger partial charge in [-0.05, 0) is 43.0 Å². The Kier molecular flexibility index (Phi) is 5.67. The van der Waals surface area contributed by atoms with Gasteiger partial charge in [0.05, 0.1) is 9.79 Å². The van der Waals surface area contributed by atoms with E-state index in [4.69, 9.17) is 0 Å².